The van der Waals surface area contributed by atoms with Crippen molar-refractivity contribution in [2.24, 2.45) is 0 Å². The normalized spacial score (nSPS) is 10.2. The number of rotatable bonds is 2. The highest BCUT2D eigenvalue weighted by Crippen LogP contribution is 2.22. The van der Waals surface area contributed by atoms with Crippen molar-refractivity contribution in [3.05, 3.63) is 58.6 Å². The molecule has 0 aliphatic heterocycles. The molecule has 0 spiro atoms. The van der Waals surface area contributed by atoms with E-state index in [1.807, 2.05) is 31.2 Å². The third-order valence-corrected chi connectivity index (χ3v) is 3.20. The van der Waals surface area contributed by atoms with Gasteiger partial charge in [-0.05, 0) is 36.8 Å². The minimum absolute atomic E-state index is 0.184. The minimum atomic E-state index is -0.184. The molecule has 0 radical (unpaired) electrons. The highest BCUT2D eigenvalue weighted by molar-refractivity contribution is 7.80. The fourth-order valence-corrected chi connectivity index (χ4v) is 1.99. The largest absolute Gasteiger partial charge is 0.321 e. The van der Waals surface area contributed by atoms with Crippen molar-refractivity contribution in [3.63, 3.8) is 0 Å². The number of anilines is 1. The summed E-state index contributed by atoms with van der Waals surface area (Å²) >= 11 is 10.2. The van der Waals surface area contributed by atoms with Gasteiger partial charge in [0.25, 0.3) is 5.91 Å². The molecule has 1 N–H and O–H groups in total. The number of thiol groups is 1. The summed E-state index contributed by atoms with van der Waals surface area (Å²) in [6.07, 6.45) is 0. The topological polar surface area (TPSA) is 29.1 Å². The second kappa shape index (κ2) is 5.46. The van der Waals surface area contributed by atoms with Gasteiger partial charge in [-0.25, -0.2) is 0 Å². The Bertz CT molecular complexity index is 598. The minimum Gasteiger partial charge on any atom is -0.321 e. The van der Waals surface area contributed by atoms with E-state index in [0.29, 0.717) is 16.3 Å². The summed E-state index contributed by atoms with van der Waals surface area (Å²) < 4.78 is 0. The number of hydrogen-bond donors (Lipinski definition) is 2. The van der Waals surface area contributed by atoms with Gasteiger partial charge in [-0.2, -0.15) is 0 Å². The number of hydrogen-bond acceptors (Lipinski definition) is 2. The summed E-state index contributed by atoms with van der Waals surface area (Å²) in [4.78, 5) is 12.9. The predicted molar refractivity (Wildman–Crippen MR) is 77.8 cm³/mol. The van der Waals surface area contributed by atoms with Gasteiger partial charge in [0.15, 0.2) is 0 Å². The van der Waals surface area contributed by atoms with E-state index in [-0.39, 0.29) is 5.91 Å². The fourth-order valence-electron chi connectivity index (χ4n) is 1.61. The van der Waals surface area contributed by atoms with E-state index in [0.717, 1.165) is 10.5 Å². The van der Waals surface area contributed by atoms with Gasteiger partial charge in [-0.3, -0.25) is 4.79 Å². The van der Waals surface area contributed by atoms with Gasteiger partial charge >= 0.3 is 0 Å². The van der Waals surface area contributed by atoms with Crippen LogP contribution >= 0.6 is 24.2 Å². The summed E-state index contributed by atoms with van der Waals surface area (Å²) in [5, 5.41) is 3.31. The first-order valence-corrected chi connectivity index (χ1v) is 6.26. The van der Waals surface area contributed by atoms with Crippen LogP contribution in [0.25, 0.3) is 0 Å². The van der Waals surface area contributed by atoms with Crippen LogP contribution in [0.1, 0.15) is 15.9 Å². The summed E-state index contributed by atoms with van der Waals surface area (Å²) in [6.45, 7) is 1.88. The molecule has 2 nitrogen and oxygen atoms in total. The van der Waals surface area contributed by atoms with E-state index in [1.165, 1.54) is 0 Å². The molecular formula is C14H12ClNOS. The molecular weight excluding hydrogens is 266 g/mol. The van der Waals surface area contributed by atoms with Crippen molar-refractivity contribution >= 4 is 35.8 Å². The second-order valence-electron chi connectivity index (χ2n) is 3.93. The number of halogens is 1. The van der Waals surface area contributed by atoms with E-state index in [2.05, 4.69) is 17.9 Å². The van der Waals surface area contributed by atoms with Crippen LogP contribution in [0.3, 0.4) is 0 Å². The van der Waals surface area contributed by atoms with Crippen LogP contribution in [0.15, 0.2) is 47.4 Å². The first kappa shape index (κ1) is 13.0. The standard InChI is InChI=1S/C14H12ClNOS/c1-9-6-7-10(18)8-11(9)14(17)16-13-5-3-2-4-12(13)15/h2-8,18H,1H3,(H,16,17). The maximum Gasteiger partial charge on any atom is 0.256 e. The summed E-state index contributed by atoms with van der Waals surface area (Å²) in [7, 11) is 0. The molecule has 0 fully saturated rings. The van der Waals surface area contributed by atoms with E-state index >= 15 is 0 Å². The SMILES string of the molecule is Cc1ccc(S)cc1C(=O)Nc1ccccc1Cl. The molecule has 92 valence electrons. The zero-order valence-electron chi connectivity index (χ0n) is 9.77. The van der Waals surface area contributed by atoms with Gasteiger partial charge in [0.2, 0.25) is 0 Å². The van der Waals surface area contributed by atoms with Crippen molar-refractivity contribution in [3.8, 4) is 0 Å². The van der Waals surface area contributed by atoms with Crippen LogP contribution < -0.4 is 5.32 Å². The first-order chi connectivity index (χ1) is 8.58. The molecule has 2 aromatic rings. The third-order valence-electron chi connectivity index (χ3n) is 2.59. The van der Waals surface area contributed by atoms with Crippen molar-refractivity contribution in [1.29, 1.82) is 0 Å². The lowest BCUT2D eigenvalue weighted by molar-refractivity contribution is 0.102. The Morgan fingerprint density at radius 2 is 1.94 bits per heavy atom. The molecule has 4 heteroatoms. The Balaban J connectivity index is 2.28. The molecule has 0 heterocycles. The van der Waals surface area contributed by atoms with E-state index in [1.54, 1.807) is 18.2 Å². The third kappa shape index (κ3) is 2.86. The molecule has 0 bridgehead atoms. The molecule has 2 aromatic carbocycles. The van der Waals surface area contributed by atoms with Crippen LogP contribution in [0.5, 0.6) is 0 Å². The van der Waals surface area contributed by atoms with Crippen molar-refractivity contribution < 1.29 is 4.79 Å². The van der Waals surface area contributed by atoms with E-state index in [4.69, 9.17) is 11.6 Å². The molecule has 18 heavy (non-hydrogen) atoms. The van der Waals surface area contributed by atoms with Gasteiger partial charge in [-0.15, -0.1) is 12.6 Å². The van der Waals surface area contributed by atoms with Gasteiger partial charge in [0, 0.05) is 10.5 Å². The molecule has 0 saturated heterocycles. The zero-order valence-corrected chi connectivity index (χ0v) is 11.4. The molecule has 0 aliphatic carbocycles. The predicted octanol–water partition coefficient (Wildman–Crippen LogP) is 4.19. The highest BCUT2D eigenvalue weighted by atomic mass is 35.5. The number of para-hydroxylation sites is 1. The molecule has 1 amide bonds. The van der Waals surface area contributed by atoms with Crippen LogP contribution in [-0.2, 0) is 0 Å². The van der Waals surface area contributed by atoms with Gasteiger partial charge < -0.3 is 5.32 Å². The Kier molecular flexibility index (Phi) is 3.94. The van der Waals surface area contributed by atoms with Crippen LogP contribution in [0.2, 0.25) is 5.02 Å². The fraction of sp³-hybridized carbons (Fsp3) is 0.0714. The van der Waals surface area contributed by atoms with Crippen LogP contribution in [0.4, 0.5) is 5.69 Å². The summed E-state index contributed by atoms with van der Waals surface area (Å²) in [5.74, 6) is -0.184. The summed E-state index contributed by atoms with van der Waals surface area (Å²) in [6, 6.07) is 12.6. The van der Waals surface area contributed by atoms with Crippen LogP contribution in [-0.4, -0.2) is 5.91 Å². The van der Waals surface area contributed by atoms with Crippen LogP contribution in [0, 0.1) is 6.92 Å². The lowest BCUT2D eigenvalue weighted by Gasteiger charge is -2.09. The average molecular weight is 278 g/mol. The molecule has 2 rings (SSSR count). The number of aryl methyl sites for hydroxylation is 1. The number of carbonyl (C=O) groups is 1. The van der Waals surface area contributed by atoms with Gasteiger partial charge in [0.05, 0.1) is 10.7 Å². The number of nitrogens with one attached hydrogen (secondary N) is 1. The second-order valence-corrected chi connectivity index (χ2v) is 4.86. The van der Waals surface area contributed by atoms with Gasteiger partial charge in [0.1, 0.15) is 0 Å². The molecule has 0 atom stereocenters. The number of amides is 1. The zero-order chi connectivity index (χ0) is 13.1. The van der Waals surface area contributed by atoms with Crippen molar-refractivity contribution in [2.75, 3.05) is 5.32 Å². The molecule has 0 aromatic heterocycles. The lowest BCUT2D eigenvalue weighted by Crippen LogP contribution is -2.13. The number of benzene rings is 2. The maximum absolute atomic E-state index is 12.1. The Hall–Kier alpha value is -1.45. The lowest BCUT2D eigenvalue weighted by atomic mass is 10.1. The molecule has 0 unspecified atom stereocenters. The number of carbonyl (C=O) groups excluding carboxylic acids is 1. The highest BCUT2D eigenvalue weighted by Gasteiger charge is 2.10. The molecule has 0 saturated carbocycles. The average Bonchev–Trinajstić information content (AvgIpc) is 2.35. The Labute approximate surface area is 116 Å². The Morgan fingerprint density at radius 1 is 1.22 bits per heavy atom. The monoisotopic (exact) mass is 277 g/mol. The van der Waals surface area contributed by atoms with Crippen molar-refractivity contribution in [1.82, 2.24) is 0 Å². The van der Waals surface area contributed by atoms with Gasteiger partial charge in [-0.1, -0.05) is 29.8 Å². The van der Waals surface area contributed by atoms with E-state index in [9.17, 15) is 4.79 Å². The Morgan fingerprint density at radius 3 is 2.67 bits per heavy atom. The molecule has 0 aliphatic rings. The maximum atomic E-state index is 12.1. The smallest absolute Gasteiger partial charge is 0.256 e. The quantitative estimate of drug-likeness (QED) is 0.792. The van der Waals surface area contributed by atoms with E-state index < -0.39 is 0 Å². The van der Waals surface area contributed by atoms with Crippen molar-refractivity contribution in [2.45, 2.75) is 11.8 Å². The first-order valence-electron chi connectivity index (χ1n) is 5.43. The summed E-state index contributed by atoms with van der Waals surface area (Å²) in [5.41, 5.74) is 2.10.